The molecule has 0 saturated heterocycles. The summed E-state index contributed by atoms with van der Waals surface area (Å²) in [5, 5.41) is 5.34. The molecular formula is C21H18FN3O2S. The predicted octanol–water partition coefficient (Wildman–Crippen LogP) is 3.80. The van der Waals surface area contributed by atoms with Crippen LogP contribution in [0.25, 0.3) is 22.2 Å². The van der Waals surface area contributed by atoms with Gasteiger partial charge in [0.25, 0.3) is 0 Å². The van der Waals surface area contributed by atoms with Gasteiger partial charge < -0.3 is 4.98 Å². The molecule has 28 heavy (non-hydrogen) atoms. The molecule has 4 aromatic rings. The first-order valence-corrected chi connectivity index (χ1v) is 10.3. The van der Waals surface area contributed by atoms with Gasteiger partial charge in [0.2, 0.25) is 10.0 Å². The van der Waals surface area contributed by atoms with E-state index in [2.05, 4.69) is 9.97 Å². The summed E-state index contributed by atoms with van der Waals surface area (Å²) in [6.07, 6.45) is 1.10. The Morgan fingerprint density at radius 3 is 2.50 bits per heavy atom. The molecule has 3 N–H and O–H groups in total. The number of primary sulfonamides is 1. The van der Waals surface area contributed by atoms with Crippen LogP contribution in [-0.2, 0) is 22.9 Å². The summed E-state index contributed by atoms with van der Waals surface area (Å²) in [5.41, 5.74) is 3.43. The number of benzene rings is 3. The molecule has 1 heterocycles. The fourth-order valence-corrected chi connectivity index (χ4v) is 4.01. The van der Waals surface area contributed by atoms with Crippen LogP contribution >= 0.6 is 0 Å². The van der Waals surface area contributed by atoms with Crippen molar-refractivity contribution in [3.05, 3.63) is 83.9 Å². The highest BCUT2D eigenvalue weighted by atomic mass is 32.2. The van der Waals surface area contributed by atoms with Crippen LogP contribution < -0.4 is 5.14 Å². The fraction of sp³-hybridized carbons (Fsp3) is 0.0952. The Labute approximate surface area is 162 Å². The van der Waals surface area contributed by atoms with Gasteiger partial charge in [0.1, 0.15) is 11.6 Å². The summed E-state index contributed by atoms with van der Waals surface area (Å²) >= 11 is 0. The largest absolute Gasteiger partial charge is 0.342 e. The molecule has 5 nitrogen and oxygen atoms in total. The summed E-state index contributed by atoms with van der Waals surface area (Å²) in [5.74, 6) is 0.524. The Morgan fingerprint density at radius 1 is 0.964 bits per heavy atom. The Bertz CT molecular complexity index is 1270. The van der Waals surface area contributed by atoms with Crippen LogP contribution in [0.2, 0.25) is 0 Å². The number of imidazole rings is 1. The van der Waals surface area contributed by atoms with E-state index in [0.29, 0.717) is 35.0 Å². The van der Waals surface area contributed by atoms with Gasteiger partial charge >= 0.3 is 0 Å². The quantitative estimate of drug-likeness (QED) is 0.539. The summed E-state index contributed by atoms with van der Waals surface area (Å²) in [4.78, 5) is 7.88. The minimum atomic E-state index is -3.84. The van der Waals surface area contributed by atoms with E-state index in [9.17, 15) is 12.8 Å². The molecular weight excluding hydrogens is 377 g/mol. The molecule has 4 rings (SSSR count). The molecule has 0 aliphatic heterocycles. The number of halogens is 1. The number of hydrogen-bond acceptors (Lipinski definition) is 3. The van der Waals surface area contributed by atoms with Gasteiger partial charge in [-0.1, -0.05) is 42.5 Å². The van der Waals surface area contributed by atoms with Gasteiger partial charge in [-0.2, -0.15) is 0 Å². The molecule has 142 valence electrons. The Kier molecular flexibility index (Phi) is 4.70. The summed E-state index contributed by atoms with van der Waals surface area (Å²) in [6.45, 7) is 0. The number of rotatable bonds is 5. The smallest absolute Gasteiger partial charge is 0.238 e. The molecule has 0 spiro atoms. The SMILES string of the molecule is NS(=O)(=O)c1ccccc1-c1ccc2[nH]c(CCc3ccccc3F)nc2c1. The number of nitrogens with two attached hydrogens (primary N) is 1. The van der Waals surface area contributed by atoms with Crippen molar-refractivity contribution in [2.24, 2.45) is 5.14 Å². The highest BCUT2D eigenvalue weighted by Gasteiger charge is 2.15. The molecule has 7 heteroatoms. The molecule has 0 atom stereocenters. The Balaban J connectivity index is 1.65. The molecule has 0 bridgehead atoms. The lowest BCUT2D eigenvalue weighted by atomic mass is 10.1. The van der Waals surface area contributed by atoms with Crippen LogP contribution in [-0.4, -0.2) is 18.4 Å². The monoisotopic (exact) mass is 395 g/mol. The molecule has 1 aromatic heterocycles. The molecule has 0 aliphatic carbocycles. The number of H-pyrrole nitrogens is 1. The second-order valence-electron chi connectivity index (χ2n) is 6.55. The van der Waals surface area contributed by atoms with E-state index >= 15 is 0 Å². The number of aromatic nitrogens is 2. The number of hydrogen-bond donors (Lipinski definition) is 2. The number of aromatic amines is 1. The topological polar surface area (TPSA) is 88.8 Å². The minimum Gasteiger partial charge on any atom is -0.342 e. The first-order chi connectivity index (χ1) is 13.4. The summed E-state index contributed by atoms with van der Waals surface area (Å²) in [6, 6.07) is 18.8. The van der Waals surface area contributed by atoms with Gasteiger partial charge in [0.05, 0.1) is 15.9 Å². The molecule has 3 aromatic carbocycles. The van der Waals surface area contributed by atoms with Crippen LogP contribution in [0.4, 0.5) is 4.39 Å². The van der Waals surface area contributed by atoms with Crippen molar-refractivity contribution in [3.63, 3.8) is 0 Å². The minimum absolute atomic E-state index is 0.0738. The van der Waals surface area contributed by atoms with Gasteiger partial charge in [-0.15, -0.1) is 0 Å². The van der Waals surface area contributed by atoms with Gasteiger partial charge in [0, 0.05) is 12.0 Å². The number of fused-ring (bicyclic) bond motifs is 1. The maximum atomic E-state index is 13.8. The van der Waals surface area contributed by atoms with Crippen LogP contribution in [0.15, 0.2) is 71.6 Å². The Morgan fingerprint density at radius 2 is 1.71 bits per heavy atom. The average molecular weight is 395 g/mol. The standard InChI is InChI=1S/C21H18FN3O2S/c22-17-7-3-1-5-14(17)10-12-21-24-18-11-9-15(13-19(18)25-21)16-6-2-4-8-20(16)28(23,26)27/h1-9,11,13H,10,12H2,(H,24,25)(H2,23,26,27). The molecule has 0 radical (unpaired) electrons. The lowest BCUT2D eigenvalue weighted by Crippen LogP contribution is -2.13. The summed E-state index contributed by atoms with van der Waals surface area (Å²) < 4.78 is 37.5. The molecule has 0 fully saturated rings. The zero-order chi connectivity index (χ0) is 19.7. The lowest BCUT2D eigenvalue weighted by Gasteiger charge is -2.07. The summed E-state index contributed by atoms with van der Waals surface area (Å²) in [7, 11) is -3.84. The molecule has 0 saturated carbocycles. The third-order valence-electron chi connectivity index (χ3n) is 4.63. The Hall–Kier alpha value is -3.03. The van der Waals surface area contributed by atoms with Crippen LogP contribution in [0.5, 0.6) is 0 Å². The number of nitrogens with one attached hydrogen (secondary N) is 1. The normalized spacial score (nSPS) is 11.8. The van der Waals surface area contributed by atoms with E-state index in [-0.39, 0.29) is 10.7 Å². The number of aryl methyl sites for hydroxylation is 2. The van der Waals surface area contributed by atoms with Gasteiger partial charge in [-0.3, -0.25) is 0 Å². The highest BCUT2D eigenvalue weighted by molar-refractivity contribution is 7.89. The second-order valence-corrected chi connectivity index (χ2v) is 8.08. The zero-order valence-electron chi connectivity index (χ0n) is 14.9. The van der Waals surface area contributed by atoms with E-state index < -0.39 is 10.0 Å². The maximum Gasteiger partial charge on any atom is 0.238 e. The number of sulfonamides is 1. The van der Waals surface area contributed by atoms with Crippen molar-refractivity contribution in [1.29, 1.82) is 0 Å². The van der Waals surface area contributed by atoms with Crippen molar-refractivity contribution in [3.8, 4) is 11.1 Å². The highest BCUT2D eigenvalue weighted by Crippen LogP contribution is 2.28. The van der Waals surface area contributed by atoms with E-state index in [4.69, 9.17) is 5.14 Å². The average Bonchev–Trinajstić information content (AvgIpc) is 3.09. The third-order valence-corrected chi connectivity index (χ3v) is 5.59. The van der Waals surface area contributed by atoms with Crippen molar-refractivity contribution in [2.45, 2.75) is 17.7 Å². The van der Waals surface area contributed by atoms with Crippen molar-refractivity contribution in [1.82, 2.24) is 9.97 Å². The fourth-order valence-electron chi connectivity index (χ4n) is 3.25. The first-order valence-electron chi connectivity index (χ1n) is 8.76. The first kappa shape index (κ1) is 18.3. The van der Waals surface area contributed by atoms with Crippen molar-refractivity contribution >= 4 is 21.1 Å². The van der Waals surface area contributed by atoms with Gasteiger partial charge in [-0.05, 0) is 41.8 Å². The van der Waals surface area contributed by atoms with E-state index in [0.717, 1.165) is 11.3 Å². The maximum absolute atomic E-state index is 13.8. The van der Waals surface area contributed by atoms with Crippen molar-refractivity contribution in [2.75, 3.05) is 0 Å². The van der Waals surface area contributed by atoms with Crippen LogP contribution in [0.1, 0.15) is 11.4 Å². The molecule has 0 unspecified atom stereocenters. The zero-order valence-corrected chi connectivity index (χ0v) is 15.7. The lowest BCUT2D eigenvalue weighted by molar-refractivity contribution is 0.598. The third kappa shape index (κ3) is 3.67. The van der Waals surface area contributed by atoms with Crippen LogP contribution in [0.3, 0.4) is 0 Å². The van der Waals surface area contributed by atoms with E-state index in [1.165, 1.54) is 12.1 Å². The van der Waals surface area contributed by atoms with E-state index in [1.807, 2.05) is 24.3 Å². The van der Waals surface area contributed by atoms with Gasteiger partial charge in [0.15, 0.2) is 0 Å². The van der Waals surface area contributed by atoms with Crippen LogP contribution in [0, 0.1) is 5.82 Å². The van der Waals surface area contributed by atoms with Gasteiger partial charge in [-0.25, -0.2) is 22.9 Å². The number of nitrogens with zero attached hydrogens (tertiary/aromatic N) is 1. The van der Waals surface area contributed by atoms with E-state index in [1.54, 1.807) is 30.3 Å². The second kappa shape index (κ2) is 7.18. The molecule has 0 aliphatic rings. The molecule has 0 amide bonds. The van der Waals surface area contributed by atoms with Crippen molar-refractivity contribution < 1.29 is 12.8 Å². The predicted molar refractivity (Wildman–Crippen MR) is 107 cm³/mol.